The van der Waals surface area contributed by atoms with Gasteiger partial charge in [-0.05, 0) is 54.9 Å². The van der Waals surface area contributed by atoms with Crippen molar-refractivity contribution in [1.29, 1.82) is 0 Å². The molecule has 0 radical (unpaired) electrons. The van der Waals surface area contributed by atoms with Gasteiger partial charge in [-0.2, -0.15) is 0 Å². The van der Waals surface area contributed by atoms with Gasteiger partial charge < -0.3 is 30.2 Å². The van der Waals surface area contributed by atoms with Gasteiger partial charge in [0.1, 0.15) is 24.5 Å². The van der Waals surface area contributed by atoms with E-state index in [1.54, 1.807) is 6.08 Å². The number of halogens is 1. The molecule has 0 saturated carbocycles. The van der Waals surface area contributed by atoms with E-state index in [2.05, 4.69) is 16.0 Å². The number of ether oxygens (including phenoxy) is 3. The first-order chi connectivity index (χ1) is 21.7. The van der Waals surface area contributed by atoms with Crippen LogP contribution in [0.25, 0.3) is 0 Å². The number of carbonyl (C=O) groups excluding carboxylic acids is 4. The van der Waals surface area contributed by atoms with E-state index in [0.717, 1.165) is 18.4 Å². The van der Waals surface area contributed by atoms with Crippen molar-refractivity contribution in [1.82, 2.24) is 16.0 Å². The zero-order valence-electron chi connectivity index (χ0n) is 25.8. The van der Waals surface area contributed by atoms with Gasteiger partial charge in [0.15, 0.2) is 0 Å². The van der Waals surface area contributed by atoms with E-state index in [-0.39, 0.29) is 25.0 Å². The second-order valence-corrected chi connectivity index (χ2v) is 11.8. The maximum atomic E-state index is 13.7. The minimum atomic E-state index is -1.11. The summed E-state index contributed by atoms with van der Waals surface area (Å²) in [7, 11) is 0. The molecule has 2 fully saturated rings. The van der Waals surface area contributed by atoms with Crippen LogP contribution < -0.4 is 16.0 Å². The topological polar surface area (TPSA) is 132 Å². The largest absolute Gasteiger partial charge is 0.462 e. The lowest BCUT2D eigenvalue weighted by atomic mass is 9.99. The highest BCUT2D eigenvalue weighted by molar-refractivity contribution is 5.92. The highest BCUT2D eigenvalue weighted by Crippen LogP contribution is 2.21. The van der Waals surface area contributed by atoms with Crippen LogP contribution >= 0.6 is 0 Å². The molecule has 0 unspecified atom stereocenters. The summed E-state index contributed by atoms with van der Waals surface area (Å²) in [6, 6.07) is 12.2. The van der Waals surface area contributed by atoms with Crippen molar-refractivity contribution in [2.75, 3.05) is 13.2 Å². The summed E-state index contributed by atoms with van der Waals surface area (Å²) in [5.74, 6) is -1.80. The van der Waals surface area contributed by atoms with Gasteiger partial charge in [0.05, 0.1) is 18.8 Å². The quantitative estimate of drug-likeness (QED) is 0.213. The Morgan fingerprint density at radius 1 is 0.956 bits per heavy atom. The summed E-state index contributed by atoms with van der Waals surface area (Å²) in [6.07, 6.45) is 3.93. The van der Waals surface area contributed by atoms with Crippen LogP contribution in [0.5, 0.6) is 0 Å². The van der Waals surface area contributed by atoms with E-state index in [1.165, 1.54) is 24.3 Å². The van der Waals surface area contributed by atoms with E-state index >= 15 is 0 Å². The minimum Gasteiger partial charge on any atom is -0.462 e. The normalized spacial score (nSPS) is 19.1. The Labute approximate surface area is 263 Å². The molecule has 2 aromatic rings. The molecule has 3 N–H and O–H groups in total. The predicted molar refractivity (Wildman–Crippen MR) is 164 cm³/mol. The zero-order valence-corrected chi connectivity index (χ0v) is 25.8. The van der Waals surface area contributed by atoms with Gasteiger partial charge in [0, 0.05) is 25.0 Å². The Balaban J connectivity index is 1.47. The number of rotatable bonds is 14. The molecule has 2 aliphatic heterocycles. The Morgan fingerprint density at radius 2 is 1.69 bits per heavy atom. The average Bonchev–Trinajstić information content (AvgIpc) is 3.68. The molecule has 10 nitrogen and oxygen atoms in total. The second kappa shape index (κ2) is 16.7. The van der Waals surface area contributed by atoms with Crippen LogP contribution in [0.2, 0.25) is 0 Å². The fourth-order valence-corrected chi connectivity index (χ4v) is 5.36. The molecule has 0 aliphatic carbocycles. The molecule has 45 heavy (non-hydrogen) atoms. The van der Waals surface area contributed by atoms with Crippen LogP contribution in [0.15, 0.2) is 66.2 Å². The number of benzene rings is 2. The van der Waals surface area contributed by atoms with Crippen LogP contribution in [-0.2, 0) is 41.6 Å². The second-order valence-electron chi connectivity index (χ2n) is 11.8. The van der Waals surface area contributed by atoms with Crippen LogP contribution in [0.1, 0.15) is 57.1 Å². The first kappa shape index (κ1) is 33.6. The number of carbonyl (C=O) groups is 4. The van der Waals surface area contributed by atoms with Gasteiger partial charge in [-0.15, -0.1) is 0 Å². The Bertz CT molecular complexity index is 1330. The fraction of sp³-hybridized carbons (Fsp3) is 0.471. The molecular weight excluding hydrogens is 581 g/mol. The Hall–Kier alpha value is -4.25. The van der Waals surface area contributed by atoms with Crippen molar-refractivity contribution in [3.8, 4) is 0 Å². The molecule has 242 valence electrons. The molecule has 2 aliphatic rings. The van der Waals surface area contributed by atoms with Gasteiger partial charge in [-0.1, -0.05) is 62.4 Å². The van der Waals surface area contributed by atoms with Gasteiger partial charge in [-0.3, -0.25) is 9.59 Å². The molecule has 3 amide bonds. The third-order valence-electron chi connectivity index (χ3n) is 7.65. The van der Waals surface area contributed by atoms with Gasteiger partial charge in [0.2, 0.25) is 11.8 Å². The predicted octanol–water partition coefficient (Wildman–Crippen LogP) is 4.12. The van der Waals surface area contributed by atoms with Crippen molar-refractivity contribution in [3.05, 3.63) is 83.2 Å². The molecule has 0 aromatic heterocycles. The first-order valence-corrected chi connectivity index (χ1v) is 15.5. The summed E-state index contributed by atoms with van der Waals surface area (Å²) in [5, 5.41) is 8.44. The number of cyclic esters (lactones) is 1. The summed E-state index contributed by atoms with van der Waals surface area (Å²) >= 11 is 0. The number of esters is 1. The van der Waals surface area contributed by atoms with Gasteiger partial charge in [0.25, 0.3) is 0 Å². The number of nitrogens with one attached hydrogen (secondary N) is 3. The molecule has 0 spiro atoms. The lowest BCUT2D eigenvalue weighted by Crippen LogP contribution is -2.55. The first-order valence-electron chi connectivity index (χ1n) is 15.5. The summed E-state index contributed by atoms with van der Waals surface area (Å²) < 4.78 is 29.8. The summed E-state index contributed by atoms with van der Waals surface area (Å²) in [4.78, 5) is 52.3. The third-order valence-corrected chi connectivity index (χ3v) is 7.65. The SMILES string of the molecule is CC(C)C[C@H](NC(=O)[C@H](Cc1ccc(F)cc1)NC(=O)OCc1ccccc1)C(=O)N[C@H](/C=C1\CCOC1=O)C[C@H]1CCCO1. The lowest BCUT2D eigenvalue weighted by Gasteiger charge is -2.26. The highest BCUT2D eigenvalue weighted by atomic mass is 19.1. The summed E-state index contributed by atoms with van der Waals surface area (Å²) in [6.45, 7) is 4.81. The van der Waals surface area contributed by atoms with Crippen molar-refractivity contribution < 1.29 is 37.8 Å². The Kier molecular flexibility index (Phi) is 12.5. The van der Waals surface area contributed by atoms with E-state index < -0.39 is 47.8 Å². The molecule has 4 rings (SSSR count). The van der Waals surface area contributed by atoms with Crippen LogP contribution in [0, 0.1) is 11.7 Å². The molecule has 2 aromatic carbocycles. The van der Waals surface area contributed by atoms with Crippen molar-refractivity contribution >= 4 is 23.9 Å². The highest BCUT2D eigenvalue weighted by Gasteiger charge is 2.31. The number of hydrogen-bond acceptors (Lipinski definition) is 7. The van der Waals surface area contributed by atoms with Crippen molar-refractivity contribution in [3.63, 3.8) is 0 Å². The molecule has 11 heteroatoms. The van der Waals surface area contributed by atoms with E-state index in [9.17, 15) is 23.6 Å². The fourth-order valence-electron chi connectivity index (χ4n) is 5.36. The van der Waals surface area contributed by atoms with Crippen LogP contribution in [-0.4, -0.2) is 61.3 Å². The Morgan fingerprint density at radius 3 is 2.33 bits per heavy atom. The van der Waals surface area contributed by atoms with Gasteiger partial charge in [-0.25, -0.2) is 14.0 Å². The van der Waals surface area contributed by atoms with E-state index in [4.69, 9.17) is 14.2 Å². The average molecular weight is 624 g/mol. The maximum absolute atomic E-state index is 13.7. The summed E-state index contributed by atoms with van der Waals surface area (Å²) in [5.41, 5.74) is 1.89. The van der Waals surface area contributed by atoms with Crippen molar-refractivity contribution in [2.45, 2.75) is 83.2 Å². The van der Waals surface area contributed by atoms with E-state index in [0.29, 0.717) is 43.6 Å². The van der Waals surface area contributed by atoms with Crippen LogP contribution in [0.3, 0.4) is 0 Å². The maximum Gasteiger partial charge on any atom is 0.408 e. The number of hydrogen-bond donors (Lipinski definition) is 3. The van der Waals surface area contributed by atoms with Crippen LogP contribution in [0.4, 0.5) is 9.18 Å². The zero-order chi connectivity index (χ0) is 32.2. The number of alkyl carbamates (subject to hydrolysis) is 1. The molecule has 0 bridgehead atoms. The minimum absolute atomic E-state index is 0.00505. The molecule has 2 saturated heterocycles. The molecule has 2 heterocycles. The smallest absolute Gasteiger partial charge is 0.408 e. The van der Waals surface area contributed by atoms with Crippen molar-refractivity contribution in [2.24, 2.45) is 5.92 Å². The van der Waals surface area contributed by atoms with Gasteiger partial charge >= 0.3 is 12.1 Å². The lowest BCUT2D eigenvalue weighted by molar-refractivity contribution is -0.135. The standard InChI is InChI=1S/C34H42FN3O7/c1-22(2)17-29(31(39)36-27(20-28-9-6-15-43-28)19-25-14-16-44-33(25)41)37-32(40)30(18-23-10-12-26(35)13-11-23)38-34(42)45-21-24-7-4-3-5-8-24/h3-5,7-8,10-13,19,22,27-30H,6,9,14-18,20-21H2,1-2H3,(H,36,39)(H,37,40)(H,38,42)/b25-19+/t27-,28-,29+,30+/m1/s1. The monoisotopic (exact) mass is 623 g/mol. The van der Waals surface area contributed by atoms with E-state index in [1.807, 2.05) is 44.2 Å². The molecule has 4 atom stereocenters. The molecular formula is C34H42FN3O7. The third kappa shape index (κ3) is 11.0. The number of amides is 3.